The van der Waals surface area contributed by atoms with E-state index < -0.39 is 0 Å². The summed E-state index contributed by atoms with van der Waals surface area (Å²) >= 11 is 6.29. The van der Waals surface area contributed by atoms with Gasteiger partial charge >= 0.3 is 0 Å². The van der Waals surface area contributed by atoms with Gasteiger partial charge in [0.25, 0.3) is 0 Å². The Morgan fingerprint density at radius 3 is 2.95 bits per heavy atom. The first-order chi connectivity index (χ1) is 9.24. The molecule has 0 bridgehead atoms. The number of benzene rings is 1. The van der Waals surface area contributed by atoms with Crippen molar-refractivity contribution in [2.75, 3.05) is 5.73 Å². The van der Waals surface area contributed by atoms with Crippen LogP contribution in [0.1, 0.15) is 11.1 Å². The summed E-state index contributed by atoms with van der Waals surface area (Å²) in [6, 6.07) is 9.30. The minimum absolute atomic E-state index is 0.614. The van der Waals surface area contributed by atoms with Crippen molar-refractivity contribution in [1.82, 2.24) is 9.97 Å². The number of hydrogen-bond acceptors (Lipinski definition) is 2. The highest BCUT2D eigenvalue weighted by Gasteiger charge is 2.05. The molecule has 0 unspecified atom stereocenters. The molecule has 92 valence electrons. The second-order valence-electron chi connectivity index (χ2n) is 4.10. The molecule has 3 rings (SSSR count). The third-order valence-corrected chi connectivity index (χ3v) is 3.16. The topological polar surface area (TPSA) is 54.7 Å². The van der Waals surface area contributed by atoms with E-state index in [1.54, 1.807) is 12.4 Å². The first kappa shape index (κ1) is 11.6. The average molecular weight is 268 g/mol. The van der Waals surface area contributed by atoms with Crippen LogP contribution in [0.4, 0.5) is 5.69 Å². The molecule has 0 saturated heterocycles. The van der Waals surface area contributed by atoms with Gasteiger partial charge in [-0.2, -0.15) is 0 Å². The molecule has 0 aliphatic carbocycles. The molecule has 0 fully saturated rings. The van der Waals surface area contributed by atoms with E-state index in [2.05, 4.69) is 21.8 Å². The van der Waals surface area contributed by atoms with Gasteiger partial charge in [0.05, 0.1) is 10.6 Å². The molecule has 4 heteroatoms. The summed E-state index contributed by atoms with van der Waals surface area (Å²) in [5.74, 6) is 6.06. The minimum Gasteiger partial charge on any atom is -0.399 e. The number of aromatic amines is 1. The zero-order chi connectivity index (χ0) is 13.2. The molecule has 0 spiro atoms. The summed E-state index contributed by atoms with van der Waals surface area (Å²) in [6.07, 6.45) is 3.47. The van der Waals surface area contributed by atoms with Gasteiger partial charge in [0.15, 0.2) is 0 Å². The van der Waals surface area contributed by atoms with E-state index in [4.69, 9.17) is 17.3 Å². The van der Waals surface area contributed by atoms with E-state index in [0.717, 1.165) is 16.6 Å². The van der Waals surface area contributed by atoms with Crippen molar-refractivity contribution in [3.8, 4) is 11.8 Å². The van der Waals surface area contributed by atoms with Crippen molar-refractivity contribution < 1.29 is 0 Å². The summed E-state index contributed by atoms with van der Waals surface area (Å²) in [4.78, 5) is 7.27. The first-order valence-corrected chi connectivity index (χ1v) is 6.11. The SMILES string of the molecule is Nc1cccc(C#Cc2cnc3[nH]ccc3c2Cl)c1. The number of nitrogen functional groups attached to an aromatic ring is 1. The van der Waals surface area contributed by atoms with Crippen LogP contribution in [0.2, 0.25) is 5.02 Å². The fraction of sp³-hybridized carbons (Fsp3) is 0. The third-order valence-electron chi connectivity index (χ3n) is 2.75. The molecule has 0 aliphatic heterocycles. The monoisotopic (exact) mass is 267 g/mol. The molecule has 0 amide bonds. The van der Waals surface area contributed by atoms with Gasteiger partial charge in [-0.1, -0.05) is 29.5 Å². The number of rotatable bonds is 0. The maximum absolute atomic E-state index is 6.29. The summed E-state index contributed by atoms with van der Waals surface area (Å²) in [7, 11) is 0. The number of nitrogens with zero attached hydrogens (tertiary/aromatic N) is 1. The van der Waals surface area contributed by atoms with E-state index in [1.165, 1.54) is 0 Å². The van der Waals surface area contributed by atoms with E-state index in [-0.39, 0.29) is 0 Å². The summed E-state index contributed by atoms with van der Waals surface area (Å²) < 4.78 is 0. The van der Waals surface area contributed by atoms with E-state index >= 15 is 0 Å². The molecule has 19 heavy (non-hydrogen) atoms. The van der Waals surface area contributed by atoms with Crippen molar-refractivity contribution in [3.63, 3.8) is 0 Å². The Hall–Kier alpha value is -2.44. The highest BCUT2D eigenvalue weighted by Crippen LogP contribution is 2.24. The van der Waals surface area contributed by atoms with Crippen LogP contribution in [0.15, 0.2) is 42.7 Å². The van der Waals surface area contributed by atoms with Gasteiger partial charge in [0.1, 0.15) is 5.65 Å². The number of aromatic nitrogens is 2. The normalized spacial score (nSPS) is 10.2. The van der Waals surface area contributed by atoms with Gasteiger partial charge in [0.2, 0.25) is 0 Å². The number of fused-ring (bicyclic) bond motifs is 1. The lowest BCUT2D eigenvalue weighted by atomic mass is 10.2. The maximum atomic E-state index is 6.29. The average Bonchev–Trinajstić information content (AvgIpc) is 2.87. The number of hydrogen-bond donors (Lipinski definition) is 2. The van der Waals surface area contributed by atoms with Crippen LogP contribution in [0.5, 0.6) is 0 Å². The van der Waals surface area contributed by atoms with Gasteiger partial charge in [-0.3, -0.25) is 0 Å². The van der Waals surface area contributed by atoms with Gasteiger partial charge in [-0.05, 0) is 24.3 Å². The molecular weight excluding hydrogens is 258 g/mol. The van der Waals surface area contributed by atoms with Crippen molar-refractivity contribution >= 4 is 28.3 Å². The Morgan fingerprint density at radius 2 is 2.11 bits per heavy atom. The fourth-order valence-electron chi connectivity index (χ4n) is 1.82. The molecule has 3 aromatic rings. The fourth-order valence-corrected chi connectivity index (χ4v) is 2.07. The van der Waals surface area contributed by atoms with Crippen LogP contribution in [0.25, 0.3) is 11.0 Å². The first-order valence-electron chi connectivity index (χ1n) is 5.73. The second-order valence-corrected chi connectivity index (χ2v) is 4.48. The summed E-state index contributed by atoms with van der Waals surface area (Å²) in [5.41, 5.74) is 8.72. The molecule has 3 N–H and O–H groups in total. The highest BCUT2D eigenvalue weighted by molar-refractivity contribution is 6.36. The zero-order valence-corrected chi connectivity index (χ0v) is 10.7. The van der Waals surface area contributed by atoms with Crippen molar-refractivity contribution in [2.45, 2.75) is 0 Å². The standard InChI is InChI=1S/C15H10ClN3/c16-14-11(9-19-15-13(14)6-7-18-15)5-4-10-2-1-3-12(17)8-10/h1-3,6-9H,17H2,(H,18,19). The van der Waals surface area contributed by atoms with Crippen LogP contribution in [0, 0.1) is 11.8 Å². The van der Waals surface area contributed by atoms with Crippen LogP contribution in [-0.2, 0) is 0 Å². The number of nitrogens with one attached hydrogen (secondary N) is 1. The Bertz CT molecular complexity index is 809. The molecule has 0 atom stereocenters. The van der Waals surface area contributed by atoms with E-state index in [9.17, 15) is 0 Å². The molecular formula is C15H10ClN3. The Labute approximate surface area is 115 Å². The second kappa shape index (κ2) is 4.68. The lowest BCUT2D eigenvalue weighted by Crippen LogP contribution is -1.85. The quantitative estimate of drug-likeness (QED) is 0.485. The molecule has 3 nitrogen and oxygen atoms in total. The summed E-state index contributed by atoms with van der Waals surface area (Å²) in [5, 5.41) is 1.49. The zero-order valence-electron chi connectivity index (χ0n) is 9.94. The number of nitrogens with two attached hydrogens (primary N) is 1. The molecule has 2 heterocycles. The Balaban J connectivity index is 2.04. The third kappa shape index (κ3) is 2.26. The number of anilines is 1. The Morgan fingerprint density at radius 1 is 1.21 bits per heavy atom. The van der Waals surface area contributed by atoms with E-state index in [1.807, 2.05) is 30.3 Å². The van der Waals surface area contributed by atoms with Gasteiger partial charge in [-0.25, -0.2) is 4.98 Å². The van der Waals surface area contributed by atoms with Crippen LogP contribution in [0.3, 0.4) is 0 Å². The van der Waals surface area contributed by atoms with Gasteiger partial charge in [-0.15, -0.1) is 0 Å². The van der Waals surface area contributed by atoms with Crippen molar-refractivity contribution in [2.24, 2.45) is 0 Å². The minimum atomic E-state index is 0.614. The number of H-pyrrole nitrogens is 1. The molecule has 1 aromatic carbocycles. The molecule has 0 radical (unpaired) electrons. The van der Waals surface area contributed by atoms with E-state index in [0.29, 0.717) is 16.3 Å². The van der Waals surface area contributed by atoms with Crippen LogP contribution in [-0.4, -0.2) is 9.97 Å². The molecule has 2 aromatic heterocycles. The maximum Gasteiger partial charge on any atom is 0.138 e. The lowest BCUT2D eigenvalue weighted by Gasteiger charge is -1.97. The van der Waals surface area contributed by atoms with Crippen LogP contribution >= 0.6 is 11.6 Å². The predicted octanol–water partition coefficient (Wildman–Crippen LogP) is 3.20. The number of halogens is 1. The lowest BCUT2D eigenvalue weighted by molar-refractivity contribution is 1.32. The van der Waals surface area contributed by atoms with Crippen molar-refractivity contribution in [3.05, 3.63) is 58.9 Å². The molecule has 0 aliphatic rings. The highest BCUT2D eigenvalue weighted by atomic mass is 35.5. The van der Waals surface area contributed by atoms with Crippen LogP contribution < -0.4 is 5.73 Å². The van der Waals surface area contributed by atoms with Gasteiger partial charge < -0.3 is 10.7 Å². The van der Waals surface area contributed by atoms with Gasteiger partial charge in [0, 0.05) is 29.0 Å². The Kier molecular flexibility index (Phi) is 2.86. The predicted molar refractivity (Wildman–Crippen MR) is 77.9 cm³/mol. The number of pyridine rings is 1. The smallest absolute Gasteiger partial charge is 0.138 e. The van der Waals surface area contributed by atoms with Crippen molar-refractivity contribution in [1.29, 1.82) is 0 Å². The largest absolute Gasteiger partial charge is 0.399 e. The molecule has 0 saturated carbocycles. The summed E-state index contributed by atoms with van der Waals surface area (Å²) in [6.45, 7) is 0.